The van der Waals surface area contributed by atoms with Crippen molar-refractivity contribution in [3.63, 3.8) is 0 Å². The van der Waals surface area contributed by atoms with Crippen LogP contribution in [0.1, 0.15) is 0 Å². The van der Waals surface area contributed by atoms with Gasteiger partial charge in [-0.15, -0.1) is 0 Å². The molecule has 0 aliphatic carbocycles. The Hall–Kier alpha value is -2.82. The molecule has 100 valence electrons. The molecule has 1 N–H and O–H groups in total. The number of ether oxygens (including phenoxy) is 1. The second-order valence-corrected chi connectivity index (χ2v) is 4.19. The predicted molar refractivity (Wildman–Crippen MR) is 73.4 cm³/mol. The number of aromatic hydroxyl groups is 1. The molecule has 20 heavy (non-hydrogen) atoms. The van der Waals surface area contributed by atoms with Crippen LogP contribution in [0.25, 0.3) is 22.6 Å². The molecule has 0 bridgehead atoms. The van der Waals surface area contributed by atoms with E-state index in [1.54, 1.807) is 30.7 Å². The highest BCUT2D eigenvalue weighted by molar-refractivity contribution is 5.70. The topological polar surface area (TPSA) is 68.4 Å². The van der Waals surface area contributed by atoms with Gasteiger partial charge < -0.3 is 14.3 Å². The maximum absolute atomic E-state index is 9.83. The molecule has 2 aromatic heterocycles. The standard InChI is InChI=1S/C15H12N2O3/c1-19-14-3-2-10(7-13(14)18)11-6-12(9-16-8-11)15-17-4-5-20-15/h2-9,18H,1H3. The van der Waals surface area contributed by atoms with E-state index in [0.29, 0.717) is 11.6 Å². The lowest BCUT2D eigenvalue weighted by Gasteiger charge is -2.07. The number of aromatic nitrogens is 2. The summed E-state index contributed by atoms with van der Waals surface area (Å²) in [6, 6.07) is 7.10. The number of hydrogen-bond acceptors (Lipinski definition) is 5. The average molecular weight is 268 g/mol. The number of nitrogens with zero attached hydrogens (tertiary/aromatic N) is 2. The summed E-state index contributed by atoms with van der Waals surface area (Å²) in [7, 11) is 1.51. The number of rotatable bonds is 3. The molecular formula is C15H12N2O3. The van der Waals surface area contributed by atoms with Gasteiger partial charge in [-0.25, -0.2) is 4.98 Å². The fourth-order valence-electron chi connectivity index (χ4n) is 1.95. The first-order valence-corrected chi connectivity index (χ1v) is 6.00. The molecule has 0 saturated carbocycles. The zero-order valence-electron chi connectivity index (χ0n) is 10.8. The van der Waals surface area contributed by atoms with Crippen molar-refractivity contribution in [3.8, 4) is 34.1 Å². The van der Waals surface area contributed by atoms with Gasteiger partial charge in [0.1, 0.15) is 6.26 Å². The third-order valence-electron chi connectivity index (χ3n) is 2.93. The van der Waals surface area contributed by atoms with Gasteiger partial charge in [0.15, 0.2) is 11.5 Å². The fraction of sp³-hybridized carbons (Fsp3) is 0.0667. The van der Waals surface area contributed by atoms with Gasteiger partial charge in [-0.1, -0.05) is 6.07 Å². The largest absolute Gasteiger partial charge is 0.504 e. The molecule has 0 unspecified atom stereocenters. The number of phenols is 1. The van der Waals surface area contributed by atoms with Crippen molar-refractivity contribution in [2.45, 2.75) is 0 Å². The van der Waals surface area contributed by atoms with Gasteiger partial charge in [0, 0.05) is 18.0 Å². The van der Waals surface area contributed by atoms with Gasteiger partial charge in [0.2, 0.25) is 5.89 Å². The van der Waals surface area contributed by atoms with Crippen LogP contribution in [0.15, 0.2) is 53.5 Å². The summed E-state index contributed by atoms with van der Waals surface area (Å²) >= 11 is 0. The first kappa shape index (κ1) is 12.2. The molecule has 0 aliphatic rings. The summed E-state index contributed by atoms with van der Waals surface area (Å²) in [4.78, 5) is 8.27. The minimum absolute atomic E-state index is 0.0894. The summed E-state index contributed by atoms with van der Waals surface area (Å²) in [6.07, 6.45) is 6.49. The lowest BCUT2D eigenvalue weighted by Crippen LogP contribution is -1.86. The summed E-state index contributed by atoms with van der Waals surface area (Å²) in [5.74, 6) is 1.04. The van der Waals surface area contributed by atoms with E-state index in [-0.39, 0.29) is 5.75 Å². The van der Waals surface area contributed by atoms with Crippen molar-refractivity contribution in [1.29, 1.82) is 0 Å². The van der Waals surface area contributed by atoms with E-state index in [9.17, 15) is 5.11 Å². The molecule has 0 saturated heterocycles. The average Bonchev–Trinajstić information content (AvgIpc) is 3.01. The molecule has 0 atom stereocenters. The summed E-state index contributed by atoms with van der Waals surface area (Å²) in [5, 5.41) is 9.83. The molecular weight excluding hydrogens is 256 g/mol. The van der Waals surface area contributed by atoms with Gasteiger partial charge in [0.05, 0.1) is 18.9 Å². The van der Waals surface area contributed by atoms with Crippen LogP contribution in [0.5, 0.6) is 11.5 Å². The number of benzene rings is 1. The zero-order valence-corrected chi connectivity index (χ0v) is 10.8. The Bertz CT molecular complexity index is 724. The second kappa shape index (κ2) is 5.05. The van der Waals surface area contributed by atoms with Crippen molar-refractivity contribution in [2.24, 2.45) is 0 Å². The Morgan fingerprint density at radius 2 is 1.95 bits per heavy atom. The van der Waals surface area contributed by atoms with Crippen LogP contribution < -0.4 is 4.74 Å². The van der Waals surface area contributed by atoms with Crippen molar-refractivity contribution in [1.82, 2.24) is 9.97 Å². The SMILES string of the molecule is COc1ccc(-c2cncc(-c3ncco3)c2)cc1O. The summed E-state index contributed by atoms with van der Waals surface area (Å²) in [6.45, 7) is 0. The van der Waals surface area contributed by atoms with Crippen LogP contribution in [-0.2, 0) is 0 Å². The Kier molecular flexibility index (Phi) is 3.09. The van der Waals surface area contributed by atoms with Crippen LogP contribution in [0.2, 0.25) is 0 Å². The molecule has 0 fully saturated rings. The van der Waals surface area contributed by atoms with Gasteiger partial charge in [-0.05, 0) is 23.8 Å². The van der Waals surface area contributed by atoms with Gasteiger partial charge >= 0.3 is 0 Å². The monoisotopic (exact) mass is 268 g/mol. The quantitative estimate of drug-likeness (QED) is 0.790. The van der Waals surface area contributed by atoms with Crippen LogP contribution in [-0.4, -0.2) is 22.2 Å². The number of phenolic OH excluding ortho intramolecular Hbond substituents is 1. The molecule has 0 aliphatic heterocycles. The van der Waals surface area contributed by atoms with E-state index in [2.05, 4.69) is 9.97 Å². The molecule has 5 heteroatoms. The smallest absolute Gasteiger partial charge is 0.227 e. The van der Waals surface area contributed by atoms with Crippen LogP contribution in [0.4, 0.5) is 0 Å². The van der Waals surface area contributed by atoms with Gasteiger partial charge in [0.25, 0.3) is 0 Å². The van der Waals surface area contributed by atoms with Gasteiger partial charge in [-0.3, -0.25) is 4.98 Å². The summed E-state index contributed by atoms with van der Waals surface area (Å²) < 4.78 is 10.3. The van der Waals surface area contributed by atoms with E-state index >= 15 is 0 Å². The summed E-state index contributed by atoms with van der Waals surface area (Å²) in [5.41, 5.74) is 2.48. The third kappa shape index (κ3) is 2.21. The van der Waals surface area contributed by atoms with Crippen molar-refractivity contribution >= 4 is 0 Å². The maximum atomic E-state index is 9.83. The molecule has 5 nitrogen and oxygen atoms in total. The first-order chi connectivity index (χ1) is 9.78. The number of hydrogen-bond donors (Lipinski definition) is 1. The number of pyridine rings is 1. The fourth-order valence-corrected chi connectivity index (χ4v) is 1.95. The molecule has 0 radical (unpaired) electrons. The Morgan fingerprint density at radius 1 is 1.10 bits per heavy atom. The highest BCUT2D eigenvalue weighted by Crippen LogP contribution is 2.32. The second-order valence-electron chi connectivity index (χ2n) is 4.19. The minimum Gasteiger partial charge on any atom is -0.504 e. The first-order valence-electron chi connectivity index (χ1n) is 6.00. The van der Waals surface area contributed by atoms with E-state index in [0.717, 1.165) is 16.7 Å². The molecule has 0 amide bonds. The Morgan fingerprint density at radius 3 is 2.65 bits per heavy atom. The molecule has 3 rings (SSSR count). The highest BCUT2D eigenvalue weighted by atomic mass is 16.5. The van der Waals surface area contributed by atoms with Crippen molar-refractivity contribution < 1.29 is 14.3 Å². The van der Waals surface area contributed by atoms with E-state index in [1.165, 1.54) is 13.4 Å². The number of methoxy groups -OCH3 is 1. The highest BCUT2D eigenvalue weighted by Gasteiger charge is 2.08. The zero-order chi connectivity index (χ0) is 13.9. The Balaban J connectivity index is 2.02. The van der Waals surface area contributed by atoms with Crippen molar-refractivity contribution in [2.75, 3.05) is 7.11 Å². The van der Waals surface area contributed by atoms with E-state index in [4.69, 9.17) is 9.15 Å². The Labute approximate surface area is 115 Å². The van der Waals surface area contributed by atoms with Gasteiger partial charge in [-0.2, -0.15) is 0 Å². The molecule has 2 heterocycles. The lowest BCUT2D eigenvalue weighted by atomic mass is 10.1. The van der Waals surface area contributed by atoms with Crippen molar-refractivity contribution in [3.05, 3.63) is 49.1 Å². The molecule has 3 aromatic rings. The lowest BCUT2D eigenvalue weighted by molar-refractivity contribution is 0.373. The number of oxazole rings is 1. The third-order valence-corrected chi connectivity index (χ3v) is 2.93. The van der Waals surface area contributed by atoms with E-state index in [1.807, 2.05) is 12.1 Å². The van der Waals surface area contributed by atoms with Crippen LogP contribution in [0.3, 0.4) is 0 Å². The predicted octanol–water partition coefficient (Wildman–Crippen LogP) is 3.12. The van der Waals surface area contributed by atoms with Crippen LogP contribution >= 0.6 is 0 Å². The molecule has 1 aromatic carbocycles. The molecule has 0 spiro atoms. The minimum atomic E-state index is 0.0894. The van der Waals surface area contributed by atoms with E-state index < -0.39 is 0 Å². The normalized spacial score (nSPS) is 10.4. The maximum Gasteiger partial charge on any atom is 0.227 e. The van der Waals surface area contributed by atoms with Crippen LogP contribution in [0, 0.1) is 0 Å².